The Kier molecular flexibility index (Phi) is 4.96. The maximum absolute atomic E-state index is 13.1. The summed E-state index contributed by atoms with van der Waals surface area (Å²) in [6, 6.07) is 13.1. The van der Waals surface area contributed by atoms with E-state index in [9.17, 15) is 9.18 Å². The standard InChI is InChI=1S/C18H16BrFN4O/c1-24-17(9-16(23-24)11-5-7-12(20)8-6-11)18(25)22-15-4-2-3-14(19)13(15)10-21/h2-9H,10,21H2,1H3,(H,22,25). The summed E-state index contributed by atoms with van der Waals surface area (Å²) < 4.78 is 15.4. The second-order valence-electron chi connectivity index (χ2n) is 5.47. The van der Waals surface area contributed by atoms with Gasteiger partial charge in [0.25, 0.3) is 5.91 Å². The number of nitrogens with two attached hydrogens (primary N) is 1. The Morgan fingerprint density at radius 1 is 1.28 bits per heavy atom. The fraction of sp³-hybridized carbons (Fsp3) is 0.111. The molecule has 2 aromatic carbocycles. The monoisotopic (exact) mass is 402 g/mol. The Morgan fingerprint density at radius 3 is 2.68 bits per heavy atom. The average Bonchev–Trinajstić information content (AvgIpc) is 2.97. The van der Waals surface area contributed by atoms with Crippen molar-refractivity contribution >= 4 is 27.5 Å². The first-order valence-electron chi connectivity index (χ1n) is 7.58. The number of nitrogens with one attached hydrogen (secondary N) is 1. The zero-order valence-corrected chi connectivity index (χ0v) is 15.0. The molecule has 0 fully saturated rings. The number of carbonyl (C=O) groups is 1. The molecule has 0 bridgehead atoms. The van der Waals surface area contributed by atoms with Crippen molar-refractivity contribution < 1.29 is 9.18 Å². The van der Waals surface area contributed by atoms with Crippen molar-refractivity contribution in [1.82, 2.24) is 9.78 Å². The van der Waals surface area contributed by atoms with E-state index >= 15 is 0 Å². The zero-order chi connectivity index (χ0) is 18.0. The molecule has 0 aliphatic rings. The van der Waals surface area contributed by atoms with Crippen molar-refractivity contribution in [2.24, 2.45) is 12.8 Å². The number of nitrogens with zero attached hydrogens (tertiary/aromatic N) is 2. The summed E-state index contributed by atoms with van der Waals surface area (Å²) in [4.78, 5) is 12.6. The van der Waals surface area contributed by atoms with E-state index in [1.807, 2.05) is 12.1 Å². The van der Waals surface area contributed by atoms with Crippen LogP contribution >= 0.6 is 15.9 Å². The second-order valence-corrected chi connectivity index (χ2v) is 6.32. The van der Waals surface area contributed by atoms with Gasteiger partial charge in [-0.3, -0.25) is 9.48 Å². The molecule has 1 amide bonds. The molecule has 0 radical (unpaired) electrons. The van der Waals surface area contributed by atoms with Gasteiger partial charge in [0.15, 0.2) is 0 Å². The average molecular weight is 403 g/mol. The van der Waals surface area contributed by atoms with Crippen LogP contribution in [-0.2, 0) is 13.6 Å². The van der Waals surface area contributed by atoms with Crippen LogP contribution in [0, 0.1) is 5.82 Å². The molecule has 0 atom stereocenters. The third-order valence-electron chi connectivity index (χ3n) is 3.82. The van der Waals surface area contributed by atoms with Crippen LogP contribution in [0.4, 0.5) is 10.1 Å². The molecule has 3 rings (SSSR count). The molecular formula is C18H16BrFN4O. The number of hydrogen-bond acceptors (Lipinski definition) is 3. The van der Waals surface area contributed by atoms with Gasteiger partial charge in [-0.1, -0.05) is 22.0 Å². The topological polar surface area (TPSA) is 72.9 Å². The summed E-state index contributed by atoms with van der Waals surface area (Å²) in [6.45, 7) is 0.295. The summed E-state index contributed by atoms with van der Waals surface area (Å²) in [5.74, 6) is -0.613. The highest BCUT2D eigenvalue weighted by molar-refractivity contribution is 9.10. The number of carbonyl (C=O) groups excluding carboxylic acids is 1. The Hall–Kier alpha value is -2.51. The number of benzene rings is 2. The van der Waals surface area contributed by atoms with Crippen LogP contribution in [0.3, 0.4) is 0 Å². The Bertz CT molecular complexity index is 921. The highest BCUT2D eigenvalue weighted by atomic mass is 79.9. The number of anilines is 1. The van der Waals surface area contributed by atoms with Crippen LogP contribution < -0.4 is 11.1 Å². The van der Waals surface area contributed by atoms with E-state index in [0.717, 1.165) is 15.6 Å². The largest absolute Gasteiger partial charge is 0.326 e. The lowest BCUT2D eigenvalue weighted by molar-refractivity contribution is 0.101. The number of halogens is 2. The first kappa shape index (κ1) is 17.3. The lowest BCUT2D eigenvalue weighted by Crippen LogP contribution is -2.17. The molecule has 0 unspecified atom stereocenters. The van der Waals surface area contributed by atoms with Gasteiger partial charge < -0.3 is 11.1 Å². The van der Waals surface area contributed by atoms with Crippen molar-refractivity contribution in [3.05, 3.63) is 70.1 Å². The van der Waals surface area contributed by atoms with Gasteiger partial charge in [0.05, 0.1) is 5.69 Å². The molecule has 0 saturated carbocycles. The smallest absolute Gasteiger partial charge is 0.273 e. The number of rotatable bonds is 4. The van der Waals surface area contributed by atoms with Crippen molar-refractivity contribution in [2.45, 2.75) is 6.54 Å². The normalized spacial score (nSPS) is 10.7. The maximum Gasteiger partial charge on any atom is 0.273 e. The van der Waals surface area contributed by atoms with Gasteiger partial charge in [0.2, 0.25) is 0 Å². The Morgan fingerprint density at radius 2 is 2.00 bits per heavy atom. The second kappa shape index (κ2) is 7.16. The van der Waals surface area contributed by atoms with Gasteiger partial charge in [0.1, 0.15) is 11.5 Å². The number of aromatic nitrogens is 2. The predicted octanol–water partition coefficient (Wildman–Crippen LogP) is 3.70. The van der Waals surface area contributed by atoms with E-state index in [-0.39, 0.29) is 11.7 Å². The van der Waals surface area contributed by atoms with E-state index in [1.54, 1.807) is 31.3 Å². The van der Waals surface area contributed by atoms with Crippen molar-refractivity contribution in [3.8, 4) is 11.3 Å². The van der Waals surface area contributed by atoms with Crippen molar-refractivity contribution in [3.63, 3.8) is 0 Å². The first-order chi connectivity index (χ1) is 12.0. The Labute approximate surface area is 152 Å². The van der Waals surface area contributed by atoms with Crippen LogP contribution in [0.5, 0.6) is 0 Å². The van der Waals surface area contributed by atoms with Gasteiger partial charge >= 0.3 is 0 Å². The number of aryl methyl sites for hydroxylation is 1. The minimum Gasteiger partial charge on any atom is -0.326 e. The fourth-order valence-electron chi connectivity index (χ4n) is 2.51. The lowest BCUT2D eigenvalue weighted by atomic mass is 10.1. The highest BCUT2D eigenvalue weighted by Crippen LogP contribution is 2.25. The van der Waals surface area contributed by atoms with Gasteiger partial charge in [-0.2, -0.15) is 5.10 Å². The first-order valence-corrected chi connectivity index (χ1v) is 8.37. The van der Waals surface area contributed by atoms with E-state index in [4.69, 9.17) is 5.73 Å². The molecule has 3 aromatic rings. The summed E-state index contributed by atoms with van der Waals surface area (Å²) in [5.41, 5.74) is 8.95. The van der Waals surface area contributed by atoms with E-state index in [2.05, 4.69) is 26.3 Å². The minimum absolute atomic E-state index is 0.295. The van der Waals surface area contributed by atoms with Crippen LogP contribution in [0.2, 0.25) is 0 Å². The summed E-state index contributed by atoms with van der Waals surface area (Å²) in [7, 11) is 1.69. The van der Waals surface area contributed by atoms with E-state index in [1.165, 1.54) is 16.8 Å². The van der Waals surface area contributed by atoms with Crippen LogP contribution in [0.1, 0.15) is 16.1 Å². The van der Waals surface area contributed by atoms with Gasteiger partial charge in [0, 0.05) is 34.9 Å². The molecule has 128 valence electrons. The predicted molar refractivity (Wildman–Crippen MR) is 98.6 cm³/mol. The quantitative estimate of drug-likeness (QED) is 0.698. The van der Waals surface area contributed by atoms with Crippen LogP contribution in [-0.4, -0.2) is 15.7 Å². The number of hydrogen-bond donors (Lipinski definition) is 2. The molecule has 25 heavy (non-hydrogen) atoms. The van der Waals surface area contributed by atoms with Gasteiger partial charge in [-0.15, -0.1) is 0 Å². The molecular weight excluding hydrogens is 387 g/mol. The maximum atomic E-state index is 13.1. The summed E-state index contributed by atoms with van der Waals surface area (Å²) in [6.07, 6.45) is 0. The lowest BCUT2D eigenvalue weighted by Gasteiger charge is -2.11. The third kappa shape index (κ3) is 3.62. The molecule has 3 N–H and O–H groups in total. The number of amides is 1. The molecule has 7 heteroatoms. The molecule has 0 spiro atoms. The highest BCUT2D eigenvalue weighted by Gasteiger charge is 2.16. The summed E-state index contributed by atoms with van der Waals surface area (Å²) >= 11 is 3.43. The molecule has 1 aromatic heterocycles. The molecule has 5 nitrogen and oxygen atoms in total. The van der Waals surface area contributed by atoms with Crippen molar-refractivity contribution in [1.29, 1.82) is 0 Å². The van der Waals surface area contributed by atoms with Crippen molar-refractivity contribution in [2.75, 3.05) is 5.32 Å². The molecule has 1 heterocycles. The third-order valence-corrected chi connectivity index (χ3v) is 4.57. The van der Waals surface area contributed by atoms with Gasteiger partial charge in [-0.05, 0) is 42.5 Å². The van der Waals surface area contributed by atoms with Crippen LogP contribution in [0.15, 0.2) is 53.0 Å². The molecule has 0 saturated heterocycles. The summed E-state index contributed by atoms with van der Waals surface area (Å²) in [5, 5.41) is 7.20. The van der Waals surface area contributed by atoms with Crippen LogP contribution in [0.25, 0.3) is 11.3 Å². The zero-order valence-electron chi connectivity index (χ0n) is 13.5. The SMILES string of the molecule is Cn1nc(-c2ccc(F)cc2)cc1C(=O)Nc1cccc(Br)c1CN. The van der Waals surface area contributed by atoms with E-state index in [0.29, 0.717) is 23.6 Å². The molecule has 0 aliphatic heterocycles. The minimum atomic E-state index is -0.318. The molecule has 0 aliphatic carbocycles. The fourth-order valence-corrected chi connectivity index (χ4v) is 3.04. The Balaban J connectivity index is 1.88. The van der Waals surface area contributed by atoms with Gasteiger partial charge in [-0.25, -0.2) is 4.39 Å². The van der Waals surface area contributed by atoms with E-state index < -0.39 is 0 Å².